The standard InChI is InChI=1S/C17H20BrN3O3/c1-2-23-15-8-13(7-14(18)17(15)24-11-16(19)22)10-21-9-12-3-5-20-6-4-12/h3-8,21H,2,9-11H2,1H3,(H2,19,22). The molecule has 1 aromatic carbocycles. The zero-order valence-electron chi connectivity index (χ0n) is 13.4. The Hall–Kier alpha value is -2.12. The van der Waals surface area contributed by atoms with Gasteiger partial charge in [0.1, 0.15) is 0 Å². The SMILES string of the molecule is CCOc1cc(CNCc2ccncc2)cc(Br)c1OCC(N)=O. The predicted octanol–water partition coefficient (Wildman–Crippen LogP) is 2.40. The molecule has 0 radical (unpaired) electrons. The van der Waals surface area contributed by atoms with Crippen molar-refractivity contribution in [3.05, 3.63) is 52.3 Å². The Kier molecular flexibility index (Phi) is 7.02. The van der Waals surface area contributed by atoms with Gasteiger partial charge in [-0.25, -0.2) is 0 Å². The van der Waals surface area contributed by atoms with Gasteiger partial charge in [-0.15, -0.1) is 0 Å². The molecule has 0 aliphatic carbocycles. The normalized spacial score (nSPS) is 10.4. The average Bonchev–Trinajstić information content (AvgIpc) is 2.55. The summed E-state index contributed by atoms with van der Waals surface area (Å²) >= 11 is 3.46. The number of aromatic nitrogens is 1. The number of hydrogen-bond donors (Lipinski definition) is 2. The van der Waals surface area contributed by atoms with E-state index in [1.54, 1.807) is 12.4 Å². The smallest absolute Gasteiger partial charge is 0.255 e. The number of nitrogens with one attached hydrogen (secondary N) is 1. The van der Waals surface area contributed by atoms with E-state index in [4.69, 9.17) is 15.2 Å². The van der Waals surface area contributed by atoms with Crippen LogP contribution in [0, 0.1) is 0 Å². The van der Waals surface area contributed by atoms with Crippen LogP contribution < -0.4 is 20.5 Å². The molecule has 1 amide bonds. The van der Waals surface area contributed by atoms with Gasteiger partial charge in [0.15, 0.2) is 18.1 Å². The van der Waals surface area contributed by atoms with E-state index >= 15 is 0 Å². The highest BCUT2D eigenvalue weighted by Gasteiger charge is 2.13. The molecular weight excluding hydrogens is 374 g/mol. The monoisotopic (exact) mass is 393 g/mol. The maximum Gasteiger partial charge on any atom is 0.255 e. The number of nitrogens with zero attached hydrogens (tertiary/aromatic N) is 1. The second kappa shape index (κ2) is 9.24. The third-order valence-electron chi connectivity index (χ3n) is 3.14. The van der Waals surface area contributed by atoms with E-state index in [0.717, 1.165) is 22.1 Å². The maximum absolute atomic E-state index is 10.9. The Bertz CT molecular complexity index is 680. The number of ether oxygens (including phenoxy) is 2. The number of halogens is 1. The average molecular weight is 394 g/mol. The number of amides is 1. The van der Waals surface area contributed by atoms with E-state index in [2.05, 4.69) is 26.2 Å². The number of primary amides is 1. The summed E-state index contributed by atoms with van der Waals surface area (Å²) in [5.74, 6) is 0.523. The second-order valence-corrected chi connectivity index (χ2v) is 5.91. The second-order valence-electron chi connectivity index (χ2n) is 5.05. The summed E-state index contributed by atoms with van der Waals surface area (Å²) in [6.07, 6.45) is 3.54. The Morgan fingerprint density at radius 1 is 1.21 bits per heavy atom. The first kappa shape index (κ1) is 18.2. The minimum absolute atomic E-state index is 0.196. The summed E-state index contributed by atoms with van der Waals surface area (Å²) in [6, 6.07) is 7.76. The Balaban J connectivity index is 2.05. The van der Waals surface area contributed by atoms with E-state index in [-0.39, 0.29) is 6.61 Å². The molecule has 0 aliphatic rings. The lowest BCUT2D eigenvalue weighted by Gasteiger charge is -2.15. The molecule has 0 fully saturated rings. The van der Waals surface area contributed by atoms with Crippen LogP contribution in [-0.4, -0.2) is 24.1 Å². The molecule has 2 aromatic rings. The molecule has 0 atom stereocenters. The zero-order valence-corrected chi connectivity index (χ0v) is 15.0. The lowest BCUT2D eigenvalue weighted by Crippen LogP contribution is -2.20. The molecule has 0 aliphatic heterocycles. The van der Waals surface area contributed by atoms with Gasteiger partial charge in [0.2, 0.25) is 0 Å². The fraction of sp³-hybridized carbons (Fsp3) is 0.294. The lowest BCUT2D eigenvalue weighted by molar-refractivity contribution is -0.119. The third-order valence-corrected chi connectivity index (χ3v) is 3.72. The Morgan fingerprint density at radius 3 is 2.58 bits per heavy atom. The van der Waals surface area contributed by atoms with Crippen molar-refractivity contribution in [3.63, 3.8) is 0 Å². The van der Waals surface area contributed by atoms with Crippen molar-refractivity contribution in [3.8, 4) is 11.5 Å². The highest BCUT2D eigenvalue weighted by Crippen LogP contribution is 2.37. The molecule has 24 heavy (non-hydrogen) atoms. The summed E-state index contributed by atoms with van der Waals surface area (Å²) in [7, 11) is 0. The lowest BCUT2D eigenvalue weighted by atomic mass is 10.2. The molecule has 7 heteroatoms. The molecule has 128 valence electrons. The molecule has 3 N–H and O–H groups in total. The van der Waals surface area contributed by atoms with Gasteiger partial charge in [-0.3, -0.25) is 9.78 Å². The van der Waals surface area contributed by atoms with E-state index in [1.807, 2.05) is 31.2 Å². The summed E-state index contributed by atoms with van der Waals surface area (Å²) in [5.41, 5.74) is 7.33. The molecule has 2 rings (SSSR count). The first-order valence-electron chi connectivity index (χ1n) is 7.56. The fourth-order valence-electron chi connectivity index (χ4n) is 2.12. The van der Waals surface area contributed by atoms with Crippen LogP contribution in [0.25, 0.3) is 0 Å². The molecule has 0 saturated carbocycles. The van der Waals surface area contributed by atoms with Gasteiger partial charge in [0, 0.05) is 25.5 Å². The van der Waals surface area contributed by atoms with Crippen LogP contribution in [0.1, 0.15) is 18.1 Å². The number of pyridine rings is 1. The molecule has 0 unspecified atom stereocenters. The van der Waals surface area contributed by atoms with Gasteiger partial charge in [0.25, 0.3) is 5.91 Å². The van der Waals surface area contributed by atoms with Crippen molar-refractivity contribution in [2.75, 3.05) is 13.2 Å². The molecule has 0 spiro atoms. The topological polar surface area (TPSA) is 86.5 Å². The van der Waals surface area contributed by atoms with Crippen molar-refractivity contribution < 1.29 is 14.3 Å². The van der Waals surface area contributed by atoms with Crippen molar-refractivity contribution in [1.82, 2.24) is 10.3 Å². The summed E-state index contributed by atoms with van der Waals surface area (Å²) in [5, 5.41) is 3.37. The van der Waals surface area contributed by atoms with Crippen LogP contribution >= 0.6 is 15.9 Å². The van der Waals surface area contributed by atoms with Crippen LogP contribution in [0.15, 0.2) is 41.1 Å². The van der Waals surface area contributed by atoms with E-state index in [9.17, 15) is 4.79 Å². The van der Waals surface area contributed by atoms with E-state index in [0.29, 0.717) is 24.7 Å². The number of rotatable bonds is 9. The largest absolute Gasteiger partial charge is 0.490 e. The minimum Gasteiger partial charge on any atom is -0.490 e. The van der Waals surface area contributed by atoms with Crippen LogP contribution in [0.2, 0.25) is 0 Å². The van der Waals surface area contributed by atoms with Gasteiger partial charge in [-0.2, -0.15) is 0 Å². The van der Waals surface area contributed by atoms with Crippen LogP contribution in [-0.2, 0) is 17.9 Å². The highest BCUT2D eigenvalue weighted by molar-refractivity contribution is 9.10. The molecule has 1 aromatic heterocycles. The molecule has 6 nitrogen and oxygen atoms in total. The number of hydrogen-bond acceptors (Lipinski definition) is 5. The molecular formula is C17H20BrN3O3. The Labute approximate surface area is 149 Å². The minimum atomic E-state index is -0.535. The van der Waals surface area contributed by atoms with Crippen molar-refractivity contribution in [1.29, 1.82) is 0 Å². The third kappa shape index (κ3) is 5.50. The summed E-state index contributed by atoms with van der Waals surface area (Å²) in [6.45, 7) is 3.59. The zero-order chi connectivity index (χ0) is 17.4. The summed E-state index contributed by atoms with van der Waals surface area (Å²) < 4.78 is 11.8. The van der Waals surface area contributed by atoms with Crippen molar-refractivity contribution >= 4 is 21.8 Å². The molecule has 0 bridgehead atoms. The van der Waals surface area contributed by atoms with Gasteiger partial charge in [-0.1, -0.05) is 0 Å². The van der Waals surface area contributed by atoms with Gasteiger partial charge < -0.3 is 20.5 Å². The van der Waals surface area contributed by atoms with Gasteiger partial charge in [0.05, 0.1) is 11.1 Å². The Morgan fingerprint density at radius 2 is 1.92 bits per heavy atom. The van der Waals surface area contributed by atoms with E-state index < -0.39 is 5.91 Å². The van der Waals surface area contributed by atoms with Crippen LogP contribution in [0.4, 0.5) is 0 Å². The number of carbonyl (C=O) groups excluding carboxylic acids is 1. The number of nitrogens with two attached hydrogens (primary N) is 1. The predicted molar refractivity (Wildman–Crippen MR) is 94.8 cm³/mol. The number of benzene rings is 1. The fourth-order valence-corrected chi connectivity index (χ4v) is 2.73. The molecule has 1 heterocycles. The van der Waals surface area contributed by atoms with Crippen molar-refractivity contribution in [2.24, 2.45) is 5.73 Å². The van der Waals surface area contributed by atoms with Crippen LogP contribution in [0.5, 0.6) is 11.5 Å². The van der Waals surface area contributed by atoms with Crippen LogP contribution in [0.3, 0.4) is 0 Å². The van der Waals surface area contributed by atoms with Gasteiger partial charge >= 0.3 is 0 Å². The first-order valence-corrected chi connectivity index (χ1v) is 8.35. The quantitative estimate of drug-likeness (QED) is 0.682. The van der Waals surface area contributed by atoms with E-state index in [1.165, 1.54) is 0 Å². The van der Waals surface area contributed by atoms with Gasteiger partial charge in [-0.05, 0) is 58.2 Å². The maximum atomic E-state index is 10.9. The highest BCUT2D eigenvalue weighted by atomic mass is 79.9. The summed E-state index contributed by atoms with van der Waals surface area (Å²) in [4.78, 5) is 14.9. The molecule has 0 saturated heterocycles. The van der Waals surface area contributed by atoms with Crippen molar-refractivity contribution in [2.45, 2.75) is 20.0 Å². The number of carbonyl (C=O) groups is 1. The first-order chi connectivity index (χ1) is 11.6.